The Labute approximate surface area is 147 Å². The molecule has 4 rings (SSSR count). The fourth-order valence-electron chi connectivity index (χ4n) is 4.68. The quantitative estimate of drug-likeness (QED) is 0.872. The highest BCUT2D eigenvalue weighted by Gasteiger charge is 2.45. The first-order chi connectivity index (χ1) is 11.6. The van der Waals surface area contributed by atoms with Crippen molar-refractivity contribution in [2.24, 2.45) is 11.8 Å². The van der Waals surface area contributed by atoms with Crippen LogP contribution in [0.5, 0.6) is 0 Å². The average Bonchev–Trinajstić information content (AvgIpc) is 3.23. The number of piperazine rings is 1. The summed E-state index contributed by atoms with van der Waals surface area (Å²) in [5.41, 5.74) is 0. The Morgan fingerprint density at radius 1 is 1.17 bits per heavy atom. The number of likely N-dealkylation sites (N-methyl/N-ethyl adjacent to an activating group) is 1. The molecule has 1 aromatic heterocycles. The van der Waals surface area contributed by atoms with E-state index in [9.17, 15) is 9.90 Å². The lowest BCUT2D eigenvalue weighted by Gasteiger charge is -2.44. The number of fused-ring (bicyclic) bond motifs is 1. The van der Waals surface area contributed by atoms with Gasteiger partial charge in [-0.1, -0.05) is 6.07 Å². The van der Waals surface area contributed by atoms with Gasteiger partial charge >= 0.3 is 0 Å². The van der Waals surface area contributed by atoms with Crippen molar-refractivity contribution in [3.05, 3.63) is 22.4 Å². The third-order valence-electron chi connectivity index (χ3n) is 6.14. The van der Waals surface area contributed by atoms with Gasteiger partial charge in [-0.05, 0) is 43.2 Å². The number of aliphatic hydroxyl groups excluding tert-OH is 1. The Kier molecular flexibility index (Phi) is 4.64. The van der Waals surface area contributed by atoms with Crippen molar-refractivity contribution in [3.8, 4) is 0 Å². The molecular formula is C18H27N3O2S. The largest absolute Gasteiger partial charge is 0.391 e. The van der Waals surface area contributed by atoms with E-state index < -0.39 is 0 Å². The van der Waals surface area contributed by atoms with Gasteiger partial charge in [0.05, 0.1) is 11.0 Å². The SMILES string of the molecule is CN1CCN([C@@H]2C[C@@H]3CN(C(=O)c4cccs4)C[C@@H]3C[C@H]2O)CC1. The molecule has 4 atom stereocenters. The van der Waals surface area contributed by atoms with Crippen molar-refractivity contribution in [3.63, 3.8) is 0 Å². The molecule has 0 spiro atoms. The summed E-state index contributed by atoms with van der Waals surface area (Å²) in [5, 5.41) is 12.6. The molecule has 0 radical (unpaired) electrons. The highest BCUT2D eigenvalue weighted by molar-refractivity contribution is 7.12. The van der Waals surface area contributed by atoms with Crippen LogP contribution in [0, 0.1) is 11.8 Å². The number of likely N-dealkylation sites (tertiary alicyclic amines) is 1. The molecule has 1 aromatic rings. The van der Waals surface area contributed by atoms with Crippen LogP contribution in [-0.4, -0.2) is 84.2 Å². The van der Waals surface area contributed by atoms with Crippen molar-refractivity contribution in [2.75, 3.05) is 46.3 Å². The topological polar surface area (TPSA) is 47.0 Å². The summed E-state index contributed by atoms with van der Waals surface area (Å²) < 4.78 is 0. The number of thiophene rings is 1. The summed E-state index contributed by atoms with van der Waals surface area (Å²) in [4.78, 5) is 20.3. The zero-order valence-corrected chi connectivity index (χ0v) is 15.1. The van der Waals surface area contributed by atoms with Crippen molar-refractivity contribution < 1.29 is 9.90 Å². The van der Waals surface area contributed by atoms with Crippen molar-refractivity contribution >= 4 is 17.2 Å². The monoisotopic (exact) mass is 349 g/mol. The predicted octanol–water partition coefficient (Wildman–Crippen LogP) is 1.21. The van der Waals surface area contributed by atoms with Gasteiger partial charge in [0.15, 0.2) is 0 Å². The molecular weight excluding hydrogens is 322 g/mol. The fourth-order valence-corrected chi connectivity index (χ4v) is 5.37. The molecule has 5 nitrogen and oxygen atoms in total. The van der Waals surface area contributed by atoms with Crippen LogP contribution in [0.2, 0.25) is 0 Å². The smallest absolute Gasteiger partial charge is 0.263 e. The van der Waals surface area contributed by atoms with Crippen LogP contribution in [0.1, 0.15) is 22.5 Å². The van der Waals surface area contributed by atoms with Crippen LogP contribution in [0.25, 0.3) is 0 Å². The summed E-state index contributed by atoms with van der Waals surface area (Å²) in [6.07, 6.45) is 1.63. The minimum Gasteiger partial charge on any atom is -0.391 e. The van der Waals surface area contributed by atoms with E-state index >= 15 is 0 Å². The Balaban J connectivity index is 1.40. The van der Waals surface area contributed by atoms with Crippen molar-refractivity contribution in [1.29, 1.82) is 0 Å². The second kappa shape index (κ2) is 6.75. The number of rotatable bonds is 2. The van der Waals surface area contributed by atoms with Gasteiger partial charge in [-0.3, -0.25) is 9.69 Å². The molecule has 2 saturated heterocycles. The number of amides is 1. The third kappa shape index (κ3) is 3.12. The molecule has 2 aliphatic heterocycles. The molecule has 0 unspecified atom stereocenters. The first-order valence-electron chi connectivity index (χ1n) is 9.05. The summed E-state index contributed by atoms with van der Waals surface area (Å²) in [6, 6.07) is 4.13. The number of aliphatic hydroxyl groups is 1. The van der Waals surface area contributed by atoms with Crippen LogP contribution in [0.15, 0.2) is 17.5 Å². The summed E-state index contributed by atoms with van der Waals surface area (Å²) in [6.45, 7) is 5.94. The van der Waals surface area contributed by atoms with E-state index in [2.05, 4.69) is 16.8 Å². The minimum atomic E-state index is -0.244. The van der Waals surface area contributed by atoms with Crippen molar-refractivity contribution in [1.82, 2.24) is 14.7 Å². The summed E-state index contributed by atoms with van der Waals surface area (Å²) >= 11 is 1.52. The zero-order valence-electron chi connectivity index (χ0n) is 14.3. The number of hydrogen-bond donors (Lipinski definition) is 1. The van der Waals surface area contributed by atoms with Gasteiger partial charge in [0.2, 0.25) is 0 Å². The fraction of sp³-hybridized carbons (Fsp3) is 0.722. The molecule has 3 heterocycles. The Morgan fingerprint density at radius 2 is 1.88 bits per heavy atom. The van der Waals surface area contributed by atoms with Gasteiger partial charge in [-0.2, -0.15) is 0 Å². The molecule has 1 aliphatic carbocycles. The standard InChI is InChI=1S/C18H27N3O2S/c1-19-4-6-20(7-5-19)15-9-13-11-21(12-14(13)10-16(15)22)18(23)17-3-2-8-24-17/h2-3,8,13-16,22H,4-7,9-12H2,1H3/t13-,14+,15-,16-/m1/s1. The summed E-state index contributed by atoms with van der Waals surface area (Å²) in [7, 11) is 2.16. The summed E-state index contributed by atoms with van der Waals surface area (Å²) in [5.74, 6) is 1.18. The van der Waals surface area contributed by atoms with Crippen molar-refractivity contribution in [2.45, 2.75) is 25.0 Å². The maximum atomic E-state index is 12.6. The van der Waals surface area contributed by atoms with Crippen LogP contribution in [0.4, 0.5) is 0 Å². The zero-order chi connectivity index (χ0) is 16.7. The van der Waals surface area contributed by atoms with E-state index in [0.29, 0.717) is 11.8 Å². The first kappa shape index (κ1) is 16.5. The molecule has 6 heteroatoms. The minimum absolute atomic E-state index is 0.171. The molecule has 3 fully saturated rings. The lowest BCUT2D eigenvalue weighted by molar-refractivity contribution is -0.0249. The first-order valence-corrected chi connectivity index (χ1v) is 9.93. The predicted molar refractivity (Wildman–Crippen MR) is 95.3 cm³/mol. The maximum absolute atomic E-state index is 12.6. The molecule has 0 aromatic carbocycles. The molecule has 1 saturated carbocycles. The second-order valence-corrected chi connectivity index (χ2v) is 8.60. The van der Waals surface area contributed by atoms with E-state index in [-0.39, 0.29) is 18.1 Å². The Hall–Kier alpha value is -0.950. The second-order valence-electron chi connectivity index (χ2n) is 7.65. The van der Waals surface area contributed by atoms with Crippen LogP contribution in [0.3, 0.4) is 0 Å². The van der Waals surface area contributed by atoms with Gasteiger partial charge in [0.1, 0.15) is 0 Å². The lowest BCUT2D eigenvalue weighted by Crippen LogP contribution is -2.55. The maximum Gasteiger partial charge on any atom is 0.263 e. The van der Waals surface area contributed by atoms with E-state index in [1.54, 1.807) is 0 Å². The normalized spacial score (nSPS) is 35.2. The highest BCUT2D eigenvalue weighted by Crippen LogP contribution is 2.39. The molecule has 3 aliphatic rings. The van der Waals surface area contributed by atoms with Gasteiger partial charge in [0, 0.05) is 45.3 Å². The molecule has 1 N–H and O–H groups in total. The molecule has 24 heavy (non-hydrogen) atoms. The van der Waals surface area contributed by atoms with E-state index in [1.807, 2.05) is 22.4 Å². The van der Waals surface area contributed by atoms with Gasteiger partial charge < -0.3 is 14.9 Å². The lowest BCUT2D eigenvalue weighted by atomic mass is 9.77. The molecule has 0 bridgehead atoms. The Morgan fingerprint density at radius 3 is 2.54 bits per heavy atom. The number of hydrogen-bond acceptors (Lipinski definition) is 5. The third-order valence-corrected chi connectivity index (χ3v) is 6.99. The Bertz CT molecular complexity index is 571. The van der Waals surface area contributed by atoms with Crippen LogP contribution < -0.4 is 0 Å². The molecule has 1 amide bonds. The molecule has 132 valence electrons. The number of nitrogens with zero attached hydrogens (tertiary/aromatic N) is 3. The van der Waals surface area contributed by atoms with Gasteiger partial charge in [0.25, 0.3) is 5.91 Å². The average molecular weight is 350 g/mol. The number of carbonyl (C=O) groups excluding carboxylic acids is 1. The van der Waals surface area contributed by atoms with Gasteiger partial charge in [-0.15, -0.1) is 11.3 Å². The highest BCUT2D eigenvalue weighted by atomic mass is 32.1. The van der Waals surface area contributed by atoms with Crippen LogP contribution in [-0.2, 0) is 0 Å². The van der Waals surface area contributed by atoms with Gasteiger partial charge in [-0.25, -0.2) is 0 Å². The van der Waals surface area contributed by atoms with E-state index in [4.69, 9.17) is 0 Å². The van der Waals surface area contributed by atoms with E-state index in [1.165, 1.54) is 11.3 Å². The number of carbonyl (C=O) groups is 1. The van der Waals surface area contributed by atoms with E-state index in [0.717, 1.165) is 57.0 Å². The van der Waals surface area contributed by atoms with Crippen LogP contribution >= 0.6 is 11.3 Å².